The number of piperazine rings is 1. The number of H-pyrrole nitrogens is 1. The monoisotopic (exact) mass is 391 g/mol. The van der Waals surface area contributed by atoms with Gasteiger partial charge in [0.05, 0.1) is 12.1 Å². The van der Waals surface area contributed by atoms with Gasteiger partial charge in [0.2, 0.25) is 5.91 Å². The van der Waals surface area contributed by atoms with Gasteiger partial charge in [-0.2, -0.15) is 0 Å². The second-order valence-electron chi connectivity index (χ2n) is 8.57. The topological polar surface area (TPSA) is 83.2 Å². The van der Waals surface area contributed by atoms with Gasteiger partial charge in [-0.05, 0) is 44.2 Å². The summed E-state index contributed by atoms with van der Waals surface area (Å²) in [6.45, 7) is 12.1. The summed E-state index contributed by atoms with van der Waals surface area (Å²) in [5.74, 6) is 0.262. The summed E-state index contributed by atoms with van der Waals surface area (Å²) in [5.41, 5.74) is 3.12. The standard InChI is InChI=1S/C23H25N3O3/c1-6-22(2,3)20-15(11-16-21(28)24-12-18(27)25-16)13-7-8-17-14(19(13)26-20)9-10-23(4,5)29-17/h6-11,26H,1,12H2,2-5H3,(H,24,28)(H,25,27). The lowest BCUT2D eigenvalue weighted by Gasteiger charge is -2.28. The van der Waals surface area contributed by atoms with Crippen molar-refractivity contribution in [3.8, 4) is 5.75 Å². The Hall–Kier alpha value is -3.28. The molecular formula is C23H25N3O3. The molecular weight excluding hydrogens is 366 g/mol. The lowest BCUT2D eigenvalue weighted by Crippen LogP contribution is -2.46. The molecule has 2 aliphatic heterocycles. The Bertz CT molecular complexity index is 1120. The molecule has 1 fully saturated rings. The third-order valence-corrected chi connectivity index (χ3v) is 5.41. The number of carbonyl (C=O) groups is 2. The molecule has 0 unspecified atom stereocenters. The van der Waals surface area contributed by atoms with Crippen molar-refractivity contribution in [3.05, 3.63) is 53.4 Å². The minimum Gasteiger partial charge on any atom is -0.483 e. The molecule has 2 aliphatic rings. The Kier molecular flexibility index (Phi) is 4.19. The Balaban J connectivity index is 1.97. The highest BCUT2D eigenvalue weighted by molar-refractivity contribution is 6.08. The SMILES string of the molecule is C=CC(C)(C)c1[nH]c2c3c(ccc2c1C=C1NC(=O)CNC1=O)OC(C)(C)C=C3. The largest absolute Gasteiger partial charge is 0.483 e. The fraction of sp³-hybridized carbons (Fsp3) is 0.304. The fourth-order valence-corrected chi connectivity index (χ4v) is 3.66. The molecule has 4 rings (SSSR count). The van der Waals surface area contributed by atoms with E-state index in [0.717, 1.165) is 33.5 Å². The minimum atomic E-state index is -0.383. The van der Waals surface area contributed by atoms with E-state index >= 15 is 0 Å². The maximum absolute atomic E-state index is 12.3. The van der Waals surface area contributed by atoms with Gasteiger partial charge in [-0.1, -0.05) is 19.9 Å². The molecule has 1 saturated heterocycles. The minimum absolute atomic E-state index is 0.0134. The molecule has 0 aliphatic carbocycles. The molecule has 0 bridgehead atoms. The Morgan fingerprint density at radius 1 is 1.24 bits per heavy atom. The molecule has 3 N–H and O–H groups in total. The number of ether oxygens (including phenoxy) is 1. The molecule has 6 heteroatoms. The smallest absolute Gasteiger partial charge is 0.268 e. The first kappa shape index (κ1) is 19.1. The lowest BCUT2D eigenvalue weighted by molar-refractivity contribution is -0.127. The van der Waals surface area contributed by atoms with Crippen LogP contribution in [0.2, 0.25) is 0 Å². The quantitative estimate of drug-likeness (QED) is 0.554. The average Bonchev–Trinajstić information content (AvgIpc) is 3.03. The van der Waals surface area contributed by atoms with Crippen molar-refractivity contribution in [3.63, 3.8) is 0 Å². The van der Waals surface area contributed by atoms with E-state index in [1.165, 1.54) is 0 Å². The number of nitrogens with one attached hydrogen (secondary N) is 3. The number of hydrogen-bond acceptors (Lipinski definition) is 3. The highest BCUT2D eigenvalue weighted by Crippen LogP contribution is 2.40. The number of aromatic amines is 1. The van der Waals surface area contributed by atoms with E-state index in [2.05, 4.69) is 28.3 Å². The summed E-state index contributed by atoms with van der Waals surface area (Å²) in [6, 6.07) is 3.93. The van der Waals surface area contributed by atoms with Crippen molar-refractivity contribution in [2.24, 2.45) is 0 Å². The maximum atomic E-state index is 12.3. The number of amides is 2. The predicted molar refractivity (Wildman–Crippen MR) is 114 cm³/mol. The van der Waals surface area contributed by atoms with Crippen LogP contribution < -0.4 is 15.4 Å². The predicted octanol–water partition coefficient (Wildman–Crippen LogP) is 3.40. The summed E-state index contributed by atoms with van der Waals surface area (Å²) in [4.78, 5) is 27.6. The second kappa shape index (κ2) is 6.37. The van der Waals surface area contributed by atoms with Gasteiger partial charge >= 0.3 is 0 Å². The van der Waals surface area contributed by atoms with Crippen molar-refractivity contribution in [1.29, 1.82) is 0 Å². The molecule has 0 saturated carbocycles. The van der Waals surface area contributed by atoms with E-state index in [-0.39, 0.29) is 35.1 Å². The fourth-order valence-electron chi connectivity index (χ4n) is 3.66. The molecule has 2 aromatic rings. The summed E-state index contributed by atoms with van der Waals surface area (Å²) < 4.78 is 6.11. The number of aromatic nitrogens is 1. The van der Waals surface area contributed by atoms with Crippen LogP contribution in [-0.2, 0) is 15.0 Å². The van der Waals surface area contributed by atoms with E-state index < -0.39 is 0 Å². The van der Waals surface area contributed by atoms with Gasteiger partial charge in [0.1, 0.15) is 17.0 Å². The highest BCUT2D eigenvalue weighted by atomic mass is 16.5. The van der Waals surface area contributed by atoms with Crippen LogP contribution in [0.5, 0.6) is 5.75 Å². The van der Waals surface area contributed by atoms with E-state index in [4.69, 9.17) is 4.74 Å². The van der Waals surface area contributed by atoms with Crippen LogP contribution in [0.25, 0.3) is 23.1 Å². The van der Waals surface area contributed by atoms with E-state index in [9.17, 15) is 9.59 Å². The molecule has 0 radical (unpaired) electrons. The molecule has 1 aromatic carbocycles. The second-order valence-corrected chi connectivity index (χ2v) is 8.57. The molecule has 150 valence electrons. The number of fused-ring (bicyclic) bond motifs is 3. The van der Waals surface area contributed by atoms with Crippen molar-refractivity contribution in [2.45, 2.75) is 38.7 Å². The third-order valence-electron chi connectivity index (χ3n) is 5.41. The van der Waals surface area contributed by atoms with E-state index in [0.29, 0.717) is 0 Å². The zero-order chi connectivity index (χ0) is 21.0. The van der Waals surface area contributed by atoms with E-state index in [1.54, 1.807) is 6.08 Å². The first-order valence-corrected chi connectivity index (χ1v) is 9.62. The normalized spacial score (nSPS) is 19.5. The van der Waals surface area contributed by atoms with Gasteiger partial charge in [0.25, 0.3) is 5.91 Å². The Morgan fingerprint density at radius 2 is 2.00 bits per heavy atom. The van der Waals surface area contributed by atoms with Gasteiger partial charge in [-0.3, -0.25) is 9.59 Å². The third kappa shape index (κ3) is 3.24. The van der Waals surface area contributed by atoms with Crippen molar-refractivity contribution in [2.75, 3.05) is 6.54 Å². The van der Waals surface area contributed by atoms with Crippen LogP contribution >= 0.6 is 0 Å². The molecule has 6 nitrogen and oxygen atoms in total. The summed E-state index contributed by atoms with van der Waals surface area (Å²) in [6.07, 6.45) is 7.69. The zero-order valence-electron chi connectivity index (χ0n) is 17.1. The number of rotatable bonds is 3. The Morgan fingerprint density at radius 3 is 2.72 bits per heavy atom. The van der Waals surface area contributed by atoms with Gasteiger partial charge in [0, 0.05) is 27.6 Å². The van der Waals surface area contributed by atoms with Gasteiger partial charge < -0.3 is 20.4 Å². The Labute approximate surface area is 169 Å². The summed E-state index contributed by atoms with van der Waals surface area (Å²) in [5, 5.41) is 6.21. The molecule has 2 amide bonds. The number of allylic oxidation sites excluding steroid dienone is 1. The molecule has 29 heavy (non-hydrogen) atoms. The first-order chi connectivity index (χ1) is 13.6. The van der Waals surface area contributed by atoms with Crippen molar-refractivity contribution < 1.29 is 14.3 Å². The average molecular weight is 391 g/mol. The molecule has 0 spiro atoms. The highest BCUT2D eigenvalue weighted by Gasteiger charge is 2.29. The van der Waals surface area contributed by atoms with E-state index in [1.807, 2.05) is 52.0 Å². The van der Waals surface area contributed by atoms with Crippen molar-refractivity contribution >= 4 is 34.9 Å². The molecule has 0 atom stereocenters. The number of carbonyl (C=O) groups excluding carboxylic acids is 2. The summed E-state index contributed by atoms with van der Waals surface area (Å²) in [7, 11) is 0. The zero-order valence-corrected chi connectivity index (χ0v) is 17.1. The van der Waals surface area contributed by atoms with Gasteiger partial charge in [-0.15, -0.1) is 6.58 Å². The molecule has 1 aromatic heterocycles. The number of benzene rings is 1. The lowest BCUT2D eigenvalue weighted by atomic mass is 9.86. The van der Waals surface area contributed by atoms with Crippen LogP contribution in [0.3, 0.4) is 0 Å². The van der Waals surface area contributed by atoms with Crippen molar-refractivity contribution in [1.82, 2.24) is 15.6 Å². The first-order valence-electron chi connectivity index (χ1n) is 9.62. The van der Waals surface area contributed by atoms with Gasteiger partial charge in [-0.25, -0.2) is 0 Å². The van der Waals surface area contributed by atoms with Crippen LogP contribution in [0.15, 0.2) is 36.6 Å². The number of hydrogen-bond donors (Lipinski definition) is 3. The maximum Gasteiger partial charge on any atom is 0.268 e. The van der Waals surface area contributed by atoms with Crippen LogP contribution in [-0.4, -0.2) is 28.9 Å². The molecule has 3 heterocycles. The summed E-state index contributed by atoms with van der Waals surface area (Å²) >= 11 is 0. The van der Waals surface area contributed by atoms with Crippen LogP contribution in [0.1, 0.15) is 44.5 Å². The van der Waals surface area contributed by atoms with Crippen LogP contribution in [0.4, 0.5) is 0 Å². The van der Waals surface area contributed by atoms with Crippen LogP contribution in [0, 0.1) is 0 Å². The van der Waals surface area contributed by atoms with Gasteiger partial charge in [0.15, 0.2) is 0 Å².